The molecular weight excluding hydrogens is 250 g/mol. The number of halogens is 1. The predicted octanol–water partition coefficient (Wildman–Crippen LogP) is 2.27. The molecule has 3 rings (SSSR count). The van der Waals surface area contributed by atoms with Gasteiger partial charge in [-0.05, 0) is 12.8 Å². The maximum atomic E-state index is 5.73. The third-order valence-electron chi connectivity index (χ3n) is 3.01. The number of nitrogens with zero attached hydrogens (tertiary/aromatic N) is 4. The van der Waals surface area contributed by atoms with E-state index in [9.17, 15) is 0 Å². The standard InChI is InChI=1S/C12H14ClN5/c13-9-5-14-12(15-6-9)16-7-10-8-18-4-2-1-3-11(18)17-10/h5-6,8H,1-4,7H2,(H,14,15,16). The summed E-state index contributed by atoms with van der Waals surface area (Å²) in [7, 11) is 0. The number of hydrogen-bond acceptors (Lipinski definition) is 4. The first-order chi connectivity index (χ1) is 8.81. The monoisotopic (exact) mass is 263 g/mol. The van der Waals surface area contributed by atoms with Crippen LogP contribution in [0.2, 0.25) is 5.02 Å². The second-order valence-corrected chi connectivity index (χ2v) is 4.81. The van der Waals surface area contributed by atoms with Crippen LogP contribution in [-0.2, 0) is 19.5 Å². The Morgan fingerprint density at radius 2 is 2.11 bits per heavy atom. The molecule has 1 aliphatic heterocycles. The Morgan fingerprint density at radius 3 is 2.89 bits per heavy atom. The highest BCUT2D eigenvalue weighted by Gasteiger charge is 2.11. The van der Waals surface area contributed by atoms with Crippen LogP contribution in [0.25, 0.3) is 0 Å². The predicted molar refractivity (Wildman–Crippen MR) is 69.5 cm³/mol. The zero-order chi connectivity index (χ0) is 12.4. The zero-order valence-electron chi connectivity index (χ0n) is 9.93. The summed E-state index contributed by atoms with van der Waals surface area (Å²) in [5, 5.41) is 3.68. The van der Waals surface area contributed by atoms with Crippen molar-refractivity contribution in [1.82, 2.24) is 19.5 Å². The molecule has 5 nitrogen and oxygen atoms in total. The lowest BCUT2D eigenvalue weighted by atomic mass is 10.2. The van der Waals surface area contributed by atoms with E-state index in [4.69, 9.17) is 11.6 Å². The van der Waals surface area contributed by atoms with Gasteiger partial charge in [-0.15, -0.1) is 0 Å². The van der Waals surface area contributed by atoms with Crippen molar-refractivity contribution < 1.29 is 0 Å². The van der Waals surface area contributed by atoms with Crippen LogP contribution >= 0.6 is 11.6 Å². The third-order valence-corrected chi connectivity index (χ3v) is 3.20. The van der Waals surface area contributed by atoms with Crippen LogP contribution < -0.4 is 5.32 Å². The molecular formula is C12H14ClN5. The van der Waals surface area contributed by atoms with Crippen LogP contribution in [0.5, 0.6) is 0 Å². The summed E-state index contributed by atoms with van der Waals surface area (Å²) in [6.45, 7) is 1.72. The van der Waals surface area contributed by atoms with Gasteiger partial charge in [-0.25, -0.2) is 15.0 Å². The lowest BCUT2D eigenvalue weighted by Crippen LogP contribution is -2.08. The molecule has 18 heavy (non-hydrogen) atoms. The number of nitrogens with one attached hydrogen (secondary N) is 1. The van der Waals surface area contributed by atoms with Gasteiger partial charge in [0.2, 0.25) is 5.95 Å². The second kappa shape index (κ2) is 4.94. The maximum Gasteiger partial charge on any atom is 0.222 e. The van der Waals surface area contributed by atoms with Gasteiger partial charge in [0.1, 0.15) is 5.82 Å². The Bertz CT molecular complexity index is 510. The van der Waals surface area contributed by atoms with Gasteiger partial charge in [0.05, 0.1) is 29.7 Å². The van der Waals surface area contributed by atoms with Crippen LogP contribution in [0.15, 0.2) is 18.6 Å². The first-order valence-electron chi connectivity index (χ1n) is 6.07. The van der Waals surface area contributed by atoms with Crippen molar-refractivity contribution >= 4 is 17.5 Å². The Morgan fingerprint density at radius 1 is 1.28 bits per heavy atom. The highest BCUT2D eigenvalue weighted by molar-refractivity contribution is 6.30. The van der Waals surface area contributed by atoms with Crippen LogP contribution in [-0.4, -0.2) is 19.5 Å². The van der Waals surface area contributed by atoms with Crippen molar-refractivity contribution in [3.05, 3.63) is 35.1 Å². The minimum absolute atomic E-state index is 0.540. The van der Waals surface area contributed by atoms with Gasteiger partial charge in [0.25, 0.3) is 0 Å². The summed E-state index contributed by atoms with van der Waals surface area (Å²) in [4.78, 5) is 12.8. The van der Waals surface area contributed by atoms with Crippen LogP contribution in [0.4, 0.5) is 5.95 Å². The van der Waals surface area contributed by atoms with Crippen molar-refractivity contribution in [3.8, 4) is 0 Å². The number of aryl methyl sites for hydroxylation is 2. The summed E-state index contributed by atoms with van der Waals surface area (Å²) >= 11 is 5.73. The fraction of sp³-hybridized carbons (Fsp3) is 0.417. The van der Waals surface area contributed by atoms with Crippen molar-refractivity contribution in [2.45, 2.75) is 32.4 Å². The van der Waals surface area contributed by atoms with Gasteiger partial charge in [-0.3, -0.25) is 0 Å². The van der Waals surface area contributed by atoms with Gasteiger partial charge in [0, 0.05) is 19.2 Å². The molecule has 6 heteroatoms. The Hall–Kier alpha value is -1.62. The summed E-state index contributed by atoms with van der Waals surface area (Å²) in [5.41, 5.74) is 1.03. The number of rotatable bonds is 3. The Kier molecular flexibility index (Phi) is 3.15. The van der Waals surface area contributed by atoms with E-state index in [0.29, 0.717) is 17.5 Å². The molecule has 2 aromatic rings. The average Bonchev–Trinajstić information content (AvgIpc) is 2.81. The first kappa shape index (κ1) is 11.5. The van der Waals surface area contributed by atoms with Crippen molar-refractivity contribution in [1.29, 1.82) is 0 Å². The quantitative estimate of drug-likeness (QED) is 0.923. The molecule has 2 aromatic heterocycles. The fourth-order valence-electron chi connectivity index (χ4n) is 2.13. The highest BCUT2D eigenvalue weighted by Crippen LogP contribution is 2.15. The van der Waals surface area contributed by atoms with Gasteiger partial charge in [-0.1, -0.05) is 11.6 Å². The van der Waals surface area contributed by atoms with Crippen LogP contribution in [0.1, 0.15) is 24.4 Å². The topological polar surface area (TPSA) is 55.6 Å². The van der Waals surface area contributed by atoms with Crippen molar-refractivity contribution in [2.24, 2.45) is 0 Å². The summed E-state index contributed by atoms with van der Waals surface area (Å²) in [6.07, 6.45) is 8.83. The average molecular weight is 264 g/mol. The number of hydrogen-bond donors (Lipinski definition) is 1. The summed E-state index contributed by atoms with van der Waals surface area (Å²) in [5.74, 6) is 1.76. The second-order valence-electron chi connectivity index (χ2n) is 4.38. The number of fused-ring (bicyclic) bond motifs is 1. The van der Waals surface area contributed by atoms with Crippen LogP contribution in [0, 0.1) is 0 Å². The van der Waals surface area contributed by atoms with E-state index < -0.39 is 0 Å². The molecule has 0 amide bonds. The van der Waals surface area contributed by atoms with Gasteiger partial charge < -0.3 is 9.88 Å². The smallest absolute Gasteiger partial charge is 0.222 e. The SMILES string of the molecule is Clc1cnc(NCc2cn3c(n2)CCCC3)nc1. The number of anilines is 1. The van der Waals surface area contributed by atoms with E-state index in [0.717, 1.165) is 18.7 Å². The van der Waals surface area contributed by atoms with Gasteiger partial charge in [-0.2, -0.15) is 0 Å². The number of imidazole rings is 1. The molecule has 0 fully saturated rings. The molecule has 0 saturated heterocycles. The molecule has 0 bridgehead atoms. The van der Waals surface area contributed by atoms with E-state index >= 15 is 0 Å². The summed E-state index contributed by atoms with van der Waals surface area (Å²) in [6, 6.07) is 0. The molecule has 1 N–H and O–H groups in total. The lowest BCUT2D eigenvalue weighted by molar-refractivity contribution is 0.522. The lowest BCUT2D eigenvalue weighted by Gasteiger charge is -2.11. The minimum Gasteiger partial charge on any atom is -0.349 e. The normalized spacial score (nSPS) is 14.3. The zero-order valence-corrected chi connectivity index (χ0v) is 10.7. The molecule has 0 spiro atoms. The van der Waals surface area contributed by atoms with E-state index in [1.165, 1.54) is 18.7 Å². The molecule has 3 heterocycles. The molecule has 0 saturated carbocycles. The fourth-order valence-corrected chi connectivity index (χ4v) is 2.23. The van der Waals surface area contributed by atoms with Crippen molar-refractivity contribution in [2.75, 3.05) is 5.32 Å². The summed E-state index contributed by atoms with van der Waals surface area (Å²) < 4.78 is 2.24. The number of aromatic nitrogens is 4. The van der Waals surface area contributed by atoms with E-state index in [-0.39, 0.29) is 0 Å². The van der Waals surface area contributed by atoms with Gasteiger partial charge in [0.15, 0.2) is 0 Å². The van der Waals surface area contributed by atoms with E-state index in [1.54, 1.807) is 12.4 Å². The molecule has 0 aromatic carbocycles. The van der Waals surface area contributed by atoms with Crippen LogP contribution in [0.3, 0.4) is 0 Å². The molecule has 0 aliphatic carbocycles. The third kappa shape index (κ3) is 2.46. The highest BCUT2D eigenvalue weighted by atomic mass is 35.5. The van der Waals surface area contributed by atoms with Gasteiger partial charge >= 0.3 is 0 Å². The maximum absolute atomic E-state index is 5.73. The first-order valence-corrected chi connectivity index (χ1v) is 6.45. The minimum atomic E-state index is 0.540. The molecule has 94 valence electrons. The molecule has 0 unspecified atom stereocenters. The Labute approximate surface area is 110 Å². The largest absolute Gasteiger partial charge is 0.349 e. The van der Waals surface area contributed by atoms with E-state index in [2.05, 4.69) is 31.0 Å². The molecule has 0 atom stereocenters. The Balaban J connectivity index is 1.66. The van der Waals surface area contributed by atoms with Crippen molar-refractivity contribution in [3.63, 3.8) is 0 Å². The molecule has 0 radical (unpaired) electrons. The molecule has 1 aliphatic rings. The van der Waals surface area contributed by atoms with E-state index in [1.807, 2.05) is 0 Å².